The Morgan fingerprint density at radius 2 is 2.25 bits per heavy atom. The Morgan fingerprint density at radius 1 is 1.35 bits per heavy atom. The molecule has 0 radical (unpaired) electrons. The van der Waals surface area contributed by atoms with E-state index in [0.29, 0.717) is 28.2 Å². The van der Waals surface area contributed by atoms with Crippen molar-refractivity contribution in [3.05, 3.63) is 45.9 Å². The van der Waals surface area contributed by atoms with Crippen molar-refractivity contribution in [2.45, 2.75) is 10.6 Å². The molecule has 0 bridgehead atoms. The molecule has 2 aromatic heterocycles. The van der Waals surface area contributed by atoms with E-state index in [2.05, 4.69) is 10.1 Å². The van der Waals surface area contributed by atoms with E-state index in [1.165, 1.54) is 11.8 Å². The Bertz CT molecular complexity index is 692. The topological polar surface area (TPSA) is 64.9 Å². The van der Waals surface area contributed by atoms with Crippen LogP contribution in [0.2, 0.25) is 5.02 Å². The highest BCUT2D eigenvalue weighted by atomic mass is 35.5. The summed E-state index contributed by atoms with van der Waals surface area (Å²) in [5.41, 5.74) is 7.50. The van der Waals surface area contributed by atoms with Crippen LogP contribution in [0.25, 0.3) is 11.5 Å². The number of hydrogen-bond donors (Lipinski definition) is 1. The van der Waals surface area contributed by atoms with Crippen LogP contribution in [0.15, 0.2) is 44.4 Å². The van der Waals surface area contributed by atoms with Gasteiger partial charge in [-0.1, -0.05) is 22.8 Å². The number of nitrogens with two attached hydrogens (primary N) is 1. The highest BCUT2D eigenvalue weighted by Crippen LogP contribution is 2.34. The molecule has 102 valence electrons. The Balaban J connectivity index is 1.73. The maximum atomic E-state index is 6.12. The van der Waals surface area contributed by atoms with E-state index in [-0.39, 0.29) is 0 Å². The van der Waals surface area contributed by atoms with Crippen molar-refractivity contribution < 1.29 is 4.52 Å². The Morgan fingerprint density at radius 3 is 3.00 bits per heavy atom. The zero-order valence-corrected chi connectivity index (χ0v) is 12.6. The Kier molecular flexibility index (Phi) is 3.95. The molecular weight excluding hydrogens is 314 g/mol. The molecule has 7 heteroatoms. The second kappa shape index (κ2) is 5.87. The molecule has 2 N–H and O–H groups in total. The number of nitrogens with zero attached hydrogens (tertiary/aromatic N) is 2. The zero-order valence-electron chi connectivity index (χ0n) is 10.2. The lowest BCUT2D eigenvalue weighted by atomic mass is 10.3. The van der Waals surface area contributed by atoms with Crippen LogP contribution in [-0.2, 0) is 5.75 Å². The summed E-state index contributed by atoms with van der Waals surface area (Å²) < 4.78 is 5.23. The largest absolute Gasteiger partial charge is 0.398 e. The van der Waals surface area contributed by atoms with Crippen LogP contribution in [0, 0.1) is 0 Å². The van der Waals surface area contributed by atoms with Crippen molar-refractivity contribution in [3.63, 3.8) is 0 Å². The first-order chi connectivity index (χ1) is 9.74. The van der Waals surface area contributed by atoms with Gasteiger partial charge in [0.2, 0.25) is 0 Å². The minimum Gasteiger partial charge on any atom is -0.398 e. The number of thiophene rings is 1. The molecule has 20 heavy (non-hydrogen) atoms. The first-order valence-electron chi connectivity index (χ1n) is 5.76. The quantitative estimate of drug-likeness (QED) is 0.572. The Labute approximate surface area is 129 Å². The molecule has 0 fully saturated rings. The van der Waals surface area contributed by atoms with Crippen molar-refractivity contribution in [1.82, 2.24) is 10.1 Å². The standard InChI is InChI=1S/C13H10ClN3OS2/c14-9-2-1-3-10(15)12(9)20-7-11-16-13(18-17-11)8-4-5-19-6-8/h1-6H,7,15H2. The van der Waals surface area contributed by atoms with Crippen LogP contribution >= 0.6 is 34.7 Å². The van der Waals surface area contributed by atoms with Gasteiger partial charge in [0.25, 0.3) is 5.89 Å². The number of hydrogen-bond acceptors (Lipinski definition) is 6. The lowest BCUT2D eigenvalue weighted by molar-refractivity contribution is 0.425. The SMILES string of the molecule is Nc1cccc(Cl)c1SCc1noc(-c2ccsc2)n1. The smallest absolute Gasteiger partial charge is 0.258 e. The average Bonchev–Trinajstić information content (AvgIpc) is 3.09. The Hall–Kier alpha value is -1.50. The van der Waals surface area contributed by atoms with Gasteiger partial charge in [0.1, 0.15) is 0 Å². The summed E-state index contributed by atoms with van der Waals surface area (Å²) in [7, 11) is 0. The summed E-state index contributed by atoms with van der Waals surface area (Å²) in [6.45, 7) is 0. The number of benzene rings is 1. The van der Waals surface area contributed by atoms with Crippen molar-refractivity contribution in [2.75, 3.05) is 5.73 Å². The fourth-order valence-corrected chi connectivity index (χ4v) is 3.44. The van der Waals surface area contributed by atoms with Crippen LogP contribution in [0.1, 0.15) is 5.82 Å². The molecule has 3 rings (SSSR count). The van der Waals surface area contributed by atoms with Gasteiger partial charge in [-0.25, -0.2) is 0 Å². The van der Waals surface area contributed by atoms with E-state index in [0.717, 1.165) is 10.5 Å². The lowest BCUT2D eigenvalue weighted by Crippen LogP contribution is -1.90. The molecular formula is C13H10ClN3OS2. The molecule has 4 nitrogen and oxygen atoms in total. The maximum absolute atomic E-state index is 6.12. The van der Waals surface area contributed by atoms with Crippen molar-refractivity contribution in [3.8, 4) is 11.5 Å². The third-order valence-electron chi connectivity index (χ3n) is 2.58. The molecule has 1 aromatic carbocycles. The second-order valence-electron chi connectivity index (χ2n) is 3.97. The number of anilines is 1. The van der Waals surface area contributed by atoms with E-state index >= 15 is 0 Å². The number of thioether (sulfide) groups is 1. The third-order valence-corrected chi connectivity index (χ3v) is 4.84. The molecule has 0 spiro atoms. The fraction of sp³-hybridized carbons (Fsp3) is 0.0769. The summed E-state index contributed by atoms with van der Waals surface area (Å²) in [5.74, 6) is 1.71. The average molecular weight is 324 g/mol. The first kappa shape index (κ1) is 13.5. The molecule has 0 aliphatic heterocycles. The van der Waals surface area contributed by atoms with Crippen LogP contribution in [0.3, 0.4) is 0 Å². The van der Waals surface area contributed by atoms with Gasteiger partial charge in [-0.3, -0.25) is 0 Å². The number of nitrogen functional groups attached to an aromatic ring is 1. The van der Waals surface area contributed by atoms with E-state index in [9.17, 15) is 0 Å². The molecule has 0 aliphatic rings. The molecule has 0 amide bonds. The second-order valence-corrected chi connectivity index (χ2v) is 6.15. The molecule has 0 saturated carbocycles. The van der Waals surface area contributed by atoms with Gasteiger partial charge in [0.15, 0.2) is 5.82 Å². The highest BCUT2D eigenvalue weighted by molar-refractivity contribution is 7.98. The van der Waals surface area contributed by atoms with Gasteiger partial charge in [-0.05, 0) is 23.6 Å². The molecule has 3 aromatic rings. The molecule has 0 unspecified atom stereocenters. The van der Waals surface area contributed by atoms with Crippen LogP contribution in [0.5, 0.6) is 0 Å². The van der Waals surface area contributed by atoms with Gasteiger partial charge in [0, 0.05) is 16.0 Å². The predicted octanol–water partition coefficient (Wildman–Crippen LogP) is 4.33. The minimum atomic E-state index is 0.536. The van der Waals surface area contributed by atoms with Crippen LogP contribution in [0.4, 0.5) is 5.69 Å². The summed E-state index contributed by atoms with van der Waals surface area (Å²) in [4.78, 5) is 5.19. The molecule has 0 aliphatic carbocycles. The van der Waals surface area contributed by atoms with E-state index < -0.39 is 0 Å². The van der Waals surface area contributed by atoms with Gasteiger partial charge < -0.3 is 10.3 Å². The van der Waals surface area contributed by atoms with Gasteiger partial charge in [-0.15, -0.1) is 11.8 Å². The monoisotopic (exact) mass is 323 g/mol. The van der Waals surface area contributed by atoms with Crippen molar-refractivity contribution in [1.29, 1.82) is 0 Å². The van der Waals surface area contributed by atoms with Crippen molar-refractivity contribution in [2.24, 2.45) is 0 Å². The summed E-state index contributed by atoms with van der Waals surface area (Å²) in [6, 6.07) is 7.40. The third kappa shape index (κ3) is 2.82. The number of rotatable bonds is 4. The van der Waals surface area contributed by atoms with Gasteiger partial charge >= 0.3 is 0 Å². The number of halogens is 1. The minimum absolute atomic E-state index is 0.536. The molecule has 2 heterocycles. The van der Waals surface area contributed by atoms with E-state index in [4.69, 9.17) is 21.9 Å². The lowest BCUT2D eigenvalue weighted by Gasteiger charge is -2.05. The number of aromatic nitrogens is 2. The van der Waals surface area contributed by atoms with Gasteiger partial charge in [0.05, 0.1) is 16.3 Å². The summed E-state index contributed by atoms with van der Waals surface area (Å²) in [6.07, 6.45) is 0. The first-order valence-corrected chi connectivity index (χ1v) is 8.06. The zero-order chi connectivity index (χ0) is 13.9. The highest BCUT2D eigenvalue weighted by Gasteiger charge is 2.11. The maximum Gasteiger partial charge on any atom is 0.258 e. The van der Waals surface area contributed by atoms with E-state index in [1.807, 2.05) is 35.0 Å². The predicted molar refractivity (Wildman–Crippen MR) is 83.0 cm³/mol. The van der Waals surface area contributed by atoms with E-state index in [1.54, 1.807) is 11.3 Å². The van der Waals surface area contributed by atoms with Crippen molar-refractivity contribution >= 4 is 40.4 Å². The van der Waals surface area contributed by atoms with Crippen LogP contribution in [-0.4, -0.2) is 10.1 Å². The molecule has 0 atom stereocenters. The van der Waals surface area contributed by atoms with Crippen LogP contribution < -0.4 is 5.73 Å². The summed E-state index contributed by atoms with van der Waals surface area (Å²) >= 11 is 9.21. The normalized spacial score (nSPS) is 10.8. The molecule has 0 saturated heterocycles. The fourth-order valence-electron chi connectivity index (χ4n) is 1.63. The summed E-state index contributed by atoms with van der Waals surface area (Å²) in [5, 5.41) is 8.54. The van der Waals surface area contributed by atoms with Gasteiger partial charge in [-0.2, -0.15) is 16.3 Å².